The minimum atomic E-state index is -4.81. The number of fused-ring (bicyclic) bond motifs is 1. The zero-order valence-electron chi connectivity index (χ0n) is 15.1. The van der Waals surface area contributed by atoms with Gasteiger partial charge in [0.05, 0.1) is 17.6 Å². The third-order valence-electron chi connectivity index (χ3n) is 4.20. The molecule has 0 N–H and O–H groups in total. The summed E-state index contributed by atoms with van der Waals surface area (Å²) in [6, 6.07) is 5.86. The molecule has 0 aliphatic rings. The highest BCUT2D eigenvalue weighted by Gasteiger charge is 2.32. The van der Waals surface area contributed by atoms with Crippen LogP contribution < -0.4 is 10.3 Å². The molecule has 2 heterocycles. The predicted molar refractivity (Wildman–Crippen MR) is 95.5 cm³/mol. The molecule has 0 spiro atoms. The number of aryl methyl sites for hydroxylation is 1. The van der Waals surface area contributed by atoms with Crippen LogP contribution in [0.4, 0.5) is 22.0 Å². The molecule has 4 aromatic rings. The van der Waals surface area contributed by atoms with Gasteiger partial charge in [0.2, 0.25) is 0 Å². The second-order valence-corrected chi connectivity index (χ2v) is 6.31. The fourth-order valence-electron chi connectivity index (χ4n) is 2.82. The topological polar surface area (TPSA) is 61.9 Å². The van der Waals surface area contributed by atoms with Crippen molar-refractivity contribution in [1.82, 2.24) is 19.1 Å². The molecule has 0 atom stereocenters. The SMILES string of the molecule is Cn1cnc2c(=O)n(-c3ccc(F)cc3)c(Oc3cc(F)cc(C(F)(F)F)c3)nc21. The van der Waals surface area contributed by atoms with E-state index in [2.05, 4.69) is 9.97 Å². The summed E-state index contributed by atoms with van der Waals surface area (Å²) in [7, 11) is 1.55. The van der Waals surface area contributed by atoms with Crippen molar-refractivity contribution in [3.63, 3.8) is 0 Å². The molecule has 11 heteroatoms. The van der Waals surface area contributed by atoms with E-state index in [4.69, 9.17) is 4.74 Å². The van der Waals surface area contributed by atoms with Gasteiger partial charge in [-0.25, -0.2) is 18.3 Å². The van der Waals surface area contributed by atoms with Crippen molar-refractivity contribution in [1.29, 1.82) is 0 Å². The maximum atomic E-state index is 13.8. The van der Waals surface area contributed by atoms with Gasteiger partial charge < -0.3 is 9.30 Å². The summed E-state index contributed by atoms with van der Waals surface area (Å²) in [6.07, 6.45) is -3.49. The van der Waals surface area contributed by atoms with E-state index < -0.39 is 40.7 Å². The summed E-state index contributed by atoms with van der Waals surface area (Å²) in [5, 5.41) is 0. The molecule has 2 aromatic heterocycles. The number of rotatable bonds is 3. The van der Waals surface area contributed by atoms with E-state index in [-0.39, 0.29) is 16.9 Å². The minimum absolute atomic E-state index is 0.0376. The normalized spacial score (nSPS) is 11.8. The summed E-state index contributed by atoms with van der Waals surface area (Å²) >= 11 is 0. The third-order valence-corrected chi connectivity index (χ3v) is 4.20. The van der Waals surface area contributed by atoms with E-state index >= 15 is 0 Å². The molecular formula is C19H11F5N4O2. The van der Waals surface area contributed by atoms with Gasteiger partial charge in [-0.3, -0.25) is 4.79 Å². The van der Waals surface area contributed by atoms with Gasteiger partial charge in [-0.1, -0.05) is 0 Å². The molecule has 30 heavy (non-hydrogen) atoms. The Balaban J connectivity index is 1.93. The highest BCUT2D eigenvalue weighted by molar-refractivity contribution is 5.70. The van der Waals surface area contributed by atoms with Crippen molar-refractivity contribution in [2.24, 2.45) is 7.05 Å². The summed E-state index contributed by atoms with van der Waals surface area (Å²) < 4.78 is 73.8. The Morgan fingerprint density at radius 1 is 1.00 bits per heavy atom. The molecule has 0 fully saturated rings. The maximum Gasteiger partial charge on any atom is 0.416 e. The molecule has 154 valence electrons. The number of halogens is 5. The van der Waals surface area contributed by atoms with Crippen molar-refractivity contribution in [2.45, 2.75) is 6.18 Å². The molecule has 0 bridgehead atoms. The minimum Gasteiger partial charge on any atom is -0.425 e. The van der Waals surface area contributed by atoms with Crippen molar-refractivity contribution < 1.29 is 26.7 Å². The zero-order valence-corrected chi connectivity index (χ0v) is 15.1. The average Bonchev–Trinajstić information content (AvgIpc) is 3.03. The Morgan fingerprint density at radius 3 is 2.37 bits per heavy atom. The second kappa shape index (κ2) is 6.94. The molecule has 0 aliphatic carbocycles. The number of hydrogen-bond acceptors (Lipinski definition) is 4. The van der Waals surface area contributed by atoms with E-state index in [0.717, 1.165) is 22.8 Å². The summed E-state index contributed by atoms with van der Waals surface area (Å²) in [4.78, 5) is 21.1. The first kappa shape index (κ1) is 19.6. The standard InChI is InChI=1S/C19H11F5N4O2/c1-27-9-25-15-16(27)26-18(28(17(15)29)13-4-2-11(20)3-5-13)30-14-7-10(19(22,23)24)6-12(21)8-14/h2-9H,1H3. The molecule has 0 saturated carbocycles. The van der Waals surface area contributed by atoms with Gasteiger partial charge in [-0.05, 0) is 36.4 Å². The molecule has 6 nitrogen and oxygen atoms in total. The van der Waals surface area contributed by atoms with Crippen LogP contribution in [0, 0.1) is 11.6 Å². The highest BCUT2D eigenvalue weighted by Crippen LogP contribution is 2.33. The fourth-order valence-corrected chi connectivity index (χ4v) is 2.82. The van der Waals surface area contributed by atoms with Crippen LogP contribution in [0.5, 0.6) is 11.8 Å². The first-order valence-corrected chi connectivity index (χ1v) is 8.39. The van der Waals surface area contributed by atoms with Crippen molar-refractivity contribution in [3.8, 4) is 17.4 Å². The summed E-state index contributed by atoms with van der Waals surface area (Å²) in [6.45, 7) is 0. The molecule has 0 radical (unpaired) electrons. The Hall–Kier alpha value is -3.76. The Morgan fingerprint density at radius 2 is 1.70 bits per heavy atom. The summed E-state index contributed by atoms with van der Waals surface area (Å²) in [5.74, 6) is -2.27. The smallest absolute Gasteiger partial charge is 0.416 e. The van der Waals surface area contributed by atoms with Gasteiger partial charge >= 0.3 is 12.2 Å². The monoisotopic (exact) mass is 422 g/mol. The quantitative estimate of drug-likeness (QED) is 0.464. The predicted octanol–water partition coefficient (Wildman–Crippen LogP) is 4.21. The lowest BCUT2D eigenvalue weighted by Gasteiger charge is -2.14. The van der Waals surface area contributed by atoms with Gasteiger partial charge in [0.25, 0.3) is 5.56 Å². The van der Waals surface area contributed by atoms with Crippen molar-refractivity contribution >= 4 is 11.2 Å². The van der Waals surface area contributed by atoms with Crippen LogP contribution in [0.25, 0.3) is 16.9 Å². The van der Waals surface area contributed by atoms with Gasteiger partial charge in [0.1, 0.15) is 17.4 Å². The van der Waals surface area contributed by atoms with Gasteiger partial charge in [-0.15, -0.1) is 0 Å². The van der Waals surface area contributed by atoms with E-state index in [1.54, 1.807) is 7.05 Å². The van der Waals surface area contributed by atoms with Gasteiger partial charge in [-0.2, -0.15) is 18.2 Å². The summed E-state index contributed by atoms with van der Waals surface area (Å²) in [5.41, 5.74) is -1.78. The molecule has 0 unspecified atom stereocenters. The van der Waals surface area contributed by atoms with E-state index in [0.29, 0.717) is 12.1 Å². The van der Waals surface area contributed by atoms with Crippen LogP contribution in [0.15, 0.2) is 53.6 Å². The number of nitrogens with zero attached hydrogens (tertiary/aromatic N) is 4. The van der Waals surface area contributed by atoms with Gasteiger partial charge in [0, 0.05) is 13.1 Å². The lowest BCUT2D eigenvalue weighted by molar-refractivity contribution is -0.137. The molecule has 0 aliphatic heterocycles. The lowest BCUT2D eigenvalue weighted by Crippen LogP contribution is -2.22. The Bertz CT molecular complexity index is 1310. The third kappa shape index (κ3) is 3.49. The van der Waals surface area contributed by atoms with E-state index in [1.807, 2.05) is 0 Å². The fraction of sp³-hybridized carbons (Fsp3) is 0.105. The number of imidazole rings is 1. The average molecular weight is 422 g/mol. The van der Waals surface area contributed by atoms with Crippen LogP contribution in [-0.4, -0.2) is 19.1 Å². The van der Waals surface area contributed by atoms with Crippen molar-refractivity contribution in [3.05, 3.63) is 76.3 Å². The molecule has 2 aromatic carbocycles. The molecule has 0 saturated heterocycles. The Labute approximate surface area is 164 Å². The van der Waals surface area contributed by atoms with Crippen LogP contribution in [0.3, 0.4) is 0 Å². The number of ether oxygens (including phenoxy) is 1. The number of hydrogen-bond donors (Lipinski definition) is 0. The zero-order chi connectivity index (χ0) is 21.6. The molecule has 4 rings (SSSR count). The first-order valence-electron chi connectivity index (χ1n) is 8.39. The van der Waals surface area contributed by atoms with E-state index in [9.17, 15) is 26.7 Å². The highest BCUT2D eigenvalue weighted by atomic mass is 19.4. The van der Waals surface area contributed by atoms with E-state index in [1.165, 1.54) is 23.0 Å². The van der Waals surface area contributed by atoms with Gasteiger partial charge in [0.15, 0.2) is 11.2 Å². The lowest BCUT2D eigenvalue weighted by atomic mass is 10.2. The van der Waals surface area contributed by atoms with Crippen LogP contribution in [0.2, 0.25) is 0 Å². The number of aromatic nitrogens is 4. The maximum absolute atomic E-state index is 13.8. The van der Waals surface area contributed by atoms with Crippen LogP contribution >= 0.6 is 0 Å². The number of benzene rings is 2. The van der Waals surface area contributed by atoms with Crippen LogP contribution in [-0.2, 0) is 13.2 Å². The molecule has 0 amide bonds. The van der Waals surface area contributed by atoms with Crippen LogP contribution in [0.1, 0.15) is 5.56 Å². The second-order valence-electron chi connectivity index (χ2n) is 6.31. The van der Waals surface area contributed by atoms with Crippen molar-refractivity contribution in [2.75, 3.05) is 0 Å². The largest absolute Gasteiger partial charge is 0.425 e. The first-order chi connectivity index (χ1) is 14.1. The molecular weight excluding hydrogens is 411 g/mol. The Kier molecular flexibility index (Phi) is 4.52. The number of alkyl halides is 3.